The van der Waals surface area contributed by atoms with Crippen molar-refractivity contribution in [1.82, 2.24) is 14.8 Å². The summed E-state index contributed by atoms with van der Waals surface area (Å²) in [7, 11) is 1.75. The first-order chi connectivity index (χ1) is 14.6. The molecule has 0 saturated carbocycles. The van der Waals surface area contributed by atoms with Gasteiger partial charge in [-0.1, -0.05) is 47.5 Å². The minimum absolute atomic E-state index is 0.0538. The monoisotopic (exact) mass is 481 g/mol. The van der Waals surface area contributed by atoms with E-state index in [-0.39, 0.29) is 10.6 Å². The molecule has 2 aromatic heterocycles. The Bertz CT molecular complexity index is 1270. The standard InChI is InChI=1S/C22H16Cl2F3N3S/c1-11-6-4-8-15(23)17(11)20-28-21(30(3)29-20)14-10-31-19(12(14)2)13-7-5-9-16(24)18(13)22(25,26)27/h4-10H,1-3H3. The molecule has 2 heterocycles. The van der Waals surface area contributed by atoms with Gasteiger partial charge in [0.05, 0.1) is 15.6 Å². The third-order valence-electron chi connectivity index (χ3n) is 5.03. The van der Waals surface area contributed by atoms with Crippen LogP contribution in [0, 0.1) is 13.8 Å². The van der Waals surface area contributed by atoms with Crippen LogP contribution in [0.4, 0.5) is 13.2 Å². The Hall–Kier alpha value is -2.35. The molecule has 31 heavy (non-hydrogen) atoms. The van der Waals surface area contributed by atoms with Gasteiger partial charge in [-0.05, 0) is 37.1 Å². The van der Waals surface area contributed by atoms with Crippen LogP contribution < -0.4 is 0 Å². The fourth-order valence-electron chi connectivity index (χ4n) is 3.54. The average molecular weight is 482 g/mol. The first-order valence-corrected chi connectivity index (χ1v) is 10.8. The van der Waals surface area contributed by atoms with E-state index < -0.39 is 11.7 Å². The Morgan fingerprint density at radius 2 is 1.65 bits per heavy atom. The van der Waals surface area contributed by atoms with Crippen LogP contribution in [-0.4, -0.2) is 14.8 Å². The van der Waals surface area contributed by atoms with Crippen molar-refractivity contribution in [3.05, 3.63) is 68.5 Å². The molecule has 9 heteroatoms. The number of alkyl halides is 3. The minimum Gasteiger partial charge on any atom is -0.248 e. The van der Waals surface area contributed by atoms with Crippen LogP contribution in [0.25, 0.3) is 33.2 Å². The molecule has 0 amide bonds. The second-order valence-corrected chi connectivity index (χ2v) is 8.77. The second kappa shape index (κ2) is 7.97. The maximum Gasteiger partial charge on any atom is 0.418 e. The highest BCUT2D eigenvalue weighted by molar-refractivity contribution is 7.14. The molecule has 0 fully saturated rings. The molecule has 2 aromatic carbocycles. The summed E-state index contributed by atoms with van der Waals surface area (Å²) in [5, 5.41) is 6.50. The van der Waals surface area contributed by atoms with Crippen molar-refractivity contribution in [1.29, 1.82) is 0 Å². The van der Waals surface area contributed by atoms with Crippen molar-refractivity contribution in [2.24, 2.45) is 7.05 Å². The number of nitrogens with zero attached hydrogens (tertiary/aromatic N) is 3. The van der Waals surface area contributed by atoms with E-state index in [4.69, 9.17) is 23.2 Å². The molecule has 0 spiro atoms. The molecule has 0 atom stereocenters. The van der Waals surface area contributed by atoms with E-state index in [0.29, 0.717) is 32.7 Å². The number of thiophene rings is 1. The molecule has 0 unspecified atom stereocenters. The summed E-state index contributed by atoms with van der Waals surface area (Å²) in [5.74, 6) is 1.01. The third kappa shape index (κ3) is 3.86. The normalized spacial score (nSPS) is 11.9. The molecule has 0 bridgehead atoms. The van der Waals surface area contributed by atoms with Gasteiger partial charge >= 0.3 is 6.18 Å². The van der Waals surface area contributed by atoms with Gasteiger partial charge in [0.2, 0.25) is 0 Å². The molecule has 4 aromatic rings. The van der Waals surface area contributed by atoms with Crippen LogP contribution in [-0.2, 0) is 13.2 Å². The number of halogens is 5. The molecule has 0 radical (unpaired) electrons. The fourth-order valence-corrected chi connectivity index (χ4v) is 5.23. The highest BCUT2D eigenvalue weighted by Gasteiger charge is 2.37. The van der Waals surface area contributed by atoms with Crippen molar-refractivity contribution in [3.8, 4) is 33.2 Å². The average Bonchev–Trinajstić information content (AvgIpc) is 3.22. The Labute approximate surface area is 191 Å². The van der Waals surface area contributed by atoms with Crippen molar-refractivity contribution in [3.63, 3.8) is 0 Å². The van der Waals surface area contributed by atoms with Gasteiger partial charge in [0, 0.05) is 34.0 Å². The first kappa shape index (κ1) is 21.9. The van der Waals surface area contributed by atoms with Crippen LogP contribution >= 0.6 is 34.5 Å². The summed E-state index contributed by atoms with van der Waals surface area (Å²) in [6, 6.07) is 9.75. The summed E-state index contributed by atoms with van der Waals surface area (Å²) < 4.78 is 42.6. The number of aromatic nitrogens is 3. The van der Waals surface area contributed by atoms with Crippen LogP contribution in [0.3, 0.4) is 0 Å². The van der Waals surface area contributed by atoms with E-state index in [9.17, 15) is 13.2 Å². The Kier molecular flexibility index (Phi) is 5.62. The lowest BCUT2D eigenvalue weighted by Crippen LogP contribution is -2.08. The smallest absolute Gasteiger partial charge is 0.248 e. The maximum atomic E-state index is 13.7. The zero-order chi connectivity index (χ0) is 22.5. The van der Waals surface area contributed by atoms with Gasteiger partial charge in [-0.3, -0.25) is 0 Å². The first-order valence-electron chi connectivity index (χ1n) is 9.20. The zero-order valence-corrected chi connectivity index (χ0v) is 19.0. The second-order valence-electron chi connectivity index (χ2n) is 7.08. The lowest BCUT2D eigenvalue weighted by atomic mass is 10.0. The SMILES string of the molecule is Cc1cccc(Cl)c1-c1nc(-c2csc(-c3cccc(Cl)c3C(F)(F)F)c2C)n(C)n1. The van der Waals surface area contributed by atoms with E-state index in [1.54, 1.807) is 30.1 Å². The number of aryl methyl sites for hydroxylation is 2. The largest absolute Gasteiger partial charge is 0.418 e. The van der Waals surface area contributed by atoms with Crippen molar-refractivity contribution in [2.75, 3.05) is 0 Å². The van der Waals surface area contributed by atoms with Gasteiger partial charge in [0.15, 0.2) is 11.6 Å². The maximum absolute atomic E-state index is 13.7. The topological polar surface area (TPSA) is 30.7 Å². The quantitative estimate of drug-likeness (QED) is 0.298. The summed E-state index contributed by atoms with van der Waals surface area (Å²) in [4.78, 5) is 5.14. The van der Waals surface area contributed by atoms with Gasteiger partial charge in [-0.25, -0.2) is 9.67 Å². The molecule has 160 valence electrons. The van der Waals surface area contributed by atoms with E-state index in [1.807, 2.05) is 19.1 Å². The molecule has 0 aliphatic carbocycles. The third-order valence-corrected chi connectivity index (χ3v) is 6.78. The van der Waals surface area contributed by atoms with Gasteiger partial charge in [-0.15, -0.1) is 11.3 Å². The predicted molar refractivity (Wildman–Crippen MR) is 120 cm³/mol. The Morgan fingerprint density at radius 3 is 2.32 bits per heavy atom. The lowest BCUT2D eigenvalue weighted by Gasteiger charge is -2.14. The van der Waals surface area contributed by atoms with Crippen LogP contribution in [0.15, 0.2) is 41.8 Å². The van der Waals surface area contributed by atoms with Crippen LogP contribution in [0.1, 0.15) is 16.7 Å². The number of hydrogen-bond acceptors (Lipinski definition) is 3. The van der Waals surface area contributed by atoms with Crippen molar-refractivity contribution in [2.45, 2.75) is 20.0 Å². The fraction of sp³-hybridized carbons (Fsp3) is 0.182. The molecular weight excluding hydrogens is 466 g/mol. The summed E-state index contributed by atoms with van der Waals surface area (Å²) >= 11 is 13.5. The van der Waals surface area contributed by atoms with E-state index in [0.717, 1.165) is 11.1 Å². The molecule has 4 rings (SSSR count). The predicted octanol–water partition coefficient (Wildman–Crippen LogP) is 7.82. The van der Waals surface area contributed by atoms with Gasteiger partial charge in [0.25, 0.3) is 0 Å². The van der Waals surface area contributed by atoms with Crippen LogP contribution in [0.2, 0.25) is 10.0 Å². The number of hydrogen-bond donors (Lipinski definition) is 0. The van der Waals surface area contributed by atoms with Gasteiger partial charge in [-0.2, -0.15) is 18.3 Å². The number of rotatable bonds is 3. The van der Waals surface area contributed by atoms with Gasteiger partial charge < -0.3 is 0 Å². The molecule has 0 saturated heterocycles. The van der Waals surface area contributed by atoms with E-state index in [2.05, 4.69) is 10.1 Å². The minimum atomic E-state index is -4.57. The Balaban J connectivity index is 1.85. The van der Waals surface area contributed by atoms with Gasteiger partial charge in [0.1, 0.15) is 0 Å². The highest BCUT2D eigenvalue weighted by atomic mass is 35.5. The molecule has 0 aliphatic rings. The van der Waals surface area contributed by atoms with Crippen molar-refractivity contribution < 1.29 is 13.2 Å². The van der Waals surface area contributed by atoms with Crippen molar-refractivity contribution >= 4 is 34.5 Å². The summed E-state index contributed by atoms with van der Waals surface area (Å²) in [6.07, 6.45) is -4.57. The lowest BCUT2D eigenvalue weighted by molar-refractivity contribution is -0.136. The number of benzene rings is 2. The molecular formula is C22H16Cl2F3N3S. The van der Waals surface area contributed by atoms with E-state index >= 15 is 0 Å². The Morgan fingerprint density at radius 1 is 0.968 bits per heavy atom. The zero-order valence-electron chi connectivity index (χ0n) is 16.7. The molecule has 0 N–H and O–H groups in total. The summed E-state index contributed by atoms with van der Waals surface area (Å²) in [5.41, 5.74) is 2.26. The summed E-state index contributed by atoms with van der Waals surface area (Å²) in [6.45, 7) is 3.69. The highest BCUT2D eigenvalue weighted by Crippen LogP contribution is 2.46. The van der Waals surface area contributed by atoms with E-state index in [1.165, 1.54) is 29.5 Å². The van der Waals surface area contributed by atoms with Crippen LogP contribution in [0.5, 0.6) is 0 Å². The molecule has 0 aliphatic heterocycles. The molecule has 3 nitrogen and oxygen atoms in total.